The van der Waals surface area contributed by atoms with Gasteiger partial charge in [-0.15, -0.1) is 12.4 Å². The molecule has 3 aromatic rings. The maximum absolute atomic E-state index is 13.6. The van der Waals surface area contributed by atoms with Gasteiger partial charge < -0.3 is 19.7 Å². The first kappa shape index (κ1) is 26.8. The van der Waals surface area contributed by atoms with Crippen molar-refractivity contribution in [3.63, 3.8) is 0 Å². The van der Waals surface area contributed by atoms with E-state index in [9.17, 15) is 14.4 Å². The first-order valence-corrected chi connectivity index (χ1v) is 11.4. The number of amides is 1. The Morgan fingerprint density at radius 3 is 2.40 bits per heavy atom. The summed E-state index contributed by atoms with van der Waals surface area (Å²) in [5, 5.41) is 12.4. The number of oxazole rings is 1. The van der Waals surface area contributed by atoms with Gasteiger partial charge in [-0.25, -0.2) is 4.79 Å². The van der Waals surface area contributed by atoms with Crippen LogP contribution in [-0.4, -0.2) is 46.1 Å². The molecule has 1 atom stereocenters. The number of aromatic nitrogens is 1. The lowest BCUT2D eigenvalue weighted by atomic mass is 9.93. The van der Waals surface area contributed by atoms with Crippen molar-refractivity contribution in [3.8, 4) is 0 Å². The summed E-state index contributed by atoms with van der Waals surface area (Å²) in [6.07, 6.45) is 3.78. The average molecular weight is 520 g/mol. The molecule has 0 radical (unpaired) electrons. The highest BCUT2D eigenvalue weighted by atomic mass is 35.5. The molecule has 1 aliphatic carbocycles. The van der Waals surface area contributed by atoms with E-state index in [1.165, 1.54) is 12.8 Å². The summed E-state index contributed by atoms with van der Waals surface area (Å²) >= 11 is 0. The number of nitrogens with one attached hydrogen (secondary N) is 1. The molecule has 10 heteroatoms. The topological polar surface area (TPSA) is 105 Å². The number of carboxylic acids is 1. The van der Waals surface area contributed by atoms with Crippen LogP contribution in [0.25, 0.3) is 11.1 Å². The molecule has 1 aromatic heterocycles. The van der Waals surface area contributed by atoms with Crippen LogP contribution in [-0.2, 0) is 21.5 Å². The van der Waals surface area contributed by atoms with Crippen LogP contribution in [0.3, 0.4) is 0 Å². The zero-order valence-electron chi connectivity index (χ0n) is 19.2. The van der Waals surface area contributed by atoms with E-state index in [1.807, 2.05) is 30.3 Å². The molecule has 188 valence electrons. The molecule has 1 saturated heterocycles. The van der Waals surface area contributed by atoms with Crippen LogP contribution in [0.4, 0.5) is 0 Å². The molecule has 1 saturated carbocycles. The first-order chi connectivity index (χ1) is 16.0. The Hall–Kier alpha value is -2.75. The van der Waals surface area contributed by atoms with Crippen LogP contribution >= 0.6 is 25.9 Å². The molecule has 2 N–H and O–H groups in total. The van der Waals surface area contributed by atoms with Gasteiger partial charge in [0.1, 0.15) is 6.54 Å². The molecule has 5 rings (SSSR count). The summed E-state index contributed by atoms with van der Waals surface area (Å²) in [6, 6.07) is 15.1. The maximum Gasteiger partial charge on any atom is 0.420 e. The third-order valence-corrected chi connectivity index (χ3v) is 6.84. The minimum Gasteiger partial charge on any atom is -0.480 e. The number of hydrogen-bond acceptors (Lipinski definition) is 5. The number of rotatable bonds is 8. The maximum atomic E-state index is 13.6. The number of benzene rings is 2. The predicted octanol–water partition coefficient (Wildman–Crippen LogP) is 3.20. The Kier molecular flexibility index (Phi) is 8.35. The van der Waals surface area contributed by atoms with Crippen molar-refractivity contribution in [2.24, 2.45) is 0 Å². The quantitative estimate of drug-likeness (QED) is 0.473. The molecule has 0 spiro atoms. The highest BCUT2D eigenvalue weighted by Gasteiger charge is 2.52. The highest BCUT2D eigenvalue weighted by Crippen LogP contribution is 2.49. The number of aliphatic carboxylic acids is 1. The van der Waals surface area contributed by atoms with Crippen molar-refractivity contribution in [1.29, 1.82) is 0 Å². The molecule has 8 nitrogen and oxygen atoms in total. The summed E-state index contributed by atoms with van der Waals surface area (Å²) in [6.45, 7) is 2.37. The Morgan fingerprint density at radius 1 is 1.09 bits per heavy atom. The lowest BCUT2D eigenvalue weighted by Crippen LogP contribution is -2.41. The Morgan fingerprint density at radius 2 is 1.77 bits per heavy atom. The normalized spacial score (nSPS) is 17.3. The lowest BCUT2D eigenvalue weighted by molar-refractivity contribution is -0.137. The number of fused-ring (bicyclic) bond motifs is 1. The fraction of sp³-hybridized carbons (Fsp3) is 0.400. The van der Waals surface area contributed by atoms with Gasteiger partial charge in [0.15, 0.2) is 5.58 Å². The molecule has 1 amide bonds. The van der Waals surface area contributed by atoms with Crippen molar-refractivity contribution >= 4 is 48.9 Å². The minimum atomic E-state index is -1.13. The van der Waals surface area contributed by atoms with Gasteiger partial charge in [0.05, 0.1) is 17.0 Å². The second-order valence-electron chi connectivity index (χ2n) is 9.06. The fourth-order valence-electron chi connectivity index (χ4n) is 4.86. The molecule has 0 unspecified atom stereocenters. The summed E-state index contributed by atoms with van der Waals surface area (Å²) < 4.78 is 6.28. The highest BCUT2D eigenvalue weighted by molar-refractivity contribution is 7.59. The van der Waals surface area contributed by atoms with E-state index >= 15 is 0 Å². The fourth-order valence-corrected chi connectivity index (χ4v) is 4.86. The minimum absolute atomic E-state index is 0. The smallest absolute Gasteiger partial charge is 0.420 e. The van der Waals surface area contributed by atoms with E-state index in [0.29, 0.717) is 23.9 Å². The second-order valence-corrected chi connectivity index (χ2v) is 9.06. The van der Waals surface area contributed by atoms with Crippen molar-refractivity contribution in [1.82, 2.24) is 14.8 Å². The summed E-state index contributed by atoms with van der Waals surface area (Å²) in [4.78, 5) is 39.3. The number of carboxylic acid groups (broad SMARTS) is 1. The predicted molar refractivity (Wildman–Crippen MR) is 140 cm³/mol. The van der Waals surface area contributed by atoms with Crippen LogP contribution < -0.4 is 11.1 Å². The number of halogens is 1. The Balaban J connectivity index is 0.00000171. The van der Waals surface area contributed by atoms with Crippen molar-refractivity contribution < 1.29 is 19.1 Å². The van der Waals surface area contributed by atoms with E-state index in [2.05, 4.69) is 10.2 Å². The van der Waals surface area contributed by atoms with E-state index in [0.717, 1.165) is 35.3 Å². The van der Waals surface area contributed by atoms with Gasteiger partial charge in [-0.2, -0.15) is 13.5 Å². The third-order valence-electron chi connectivity index (χ3n) is 6.84. The van der Waals surface area contributed by atoms with E-state index in [1.54, 1.807) is 18.2 Å². The van der Waals surface area contributed by atoms with Crippen LogP contribution in [0.2, 0.25) is 0 Å². The Labute approximate surface area is 216 Å². The van der Waals surface area contributed by atoms with E-state index in [-0.39, 0.29) is 37.9 Å². The number of hydrogen-bond donors (Lipinski definition) is 2. The number of carbonyl (C=O) groups excluding carboxylic acids is 1. The Bertz CT molecular complexity index is 1250. The van der Waals surface area contributed by atoms with Crippen LogP contribution in [0.15, 0.2) is 57.7 Å². The zero-order chi connectivity index (χ0) is 23.0. The molecule has 2 fully saturated rings. The SMILES string of the molecule is Cl.O=C(O)Cn1c(=O)oc2ccc(C3(C(=O)N[C@H](CN4CCCC4)c4ccccc4)CC3)cc21.S. The van der Waals surface area contributed by atoms with Gasteiger partial charge >= 0.3 is 11.7 Å². The molecular weight excluding hydrogens is 490 g/mol. The van der Waals surface area contributed by atoms with Gasteiger partial charge in [0, 0.05) is 6.54 Å². The standard InChI is InChI=1S/C25H27N3O5.ClH.H2S/c29-22(30)16-28-20-14-18(8-9-21(20)33-24(28)32)25(10-11-25)23(31)26-19(15-27-12-4-5-13-27)17-6-2-1-3-7-17;;/h1-3,6-9,14,19H,4-5,10-13,15-16H2,(H,26,31)(H,29,30);1H;1H2/t19-;;/m1../s1. The molecule has 1 aliphatic heterocycles. The van der Waals surface area contributed by atoms with Crippen molar-refractivity contribution in [3.05, 3.63) is 70.2 Å². The van der Waals surface area contributed by atoms with E-state index < -0.39 is 23.7 Å². The number of likely N-dealkylation sites (tertiary alicyclic amines) is 1. The van der Waals surface area contributed by atoms with E-state index in [4.69, 9.17) is 9.52 Å². The molecular formula is C25H30ClN3O5S. The lowest BCUT2D eigenvalue weighted by Gasteiger charge is -2.27. The second kappa shape index (κ2) is 10.9. The number of carbonyl (C=O) groups is 2. The average Bonchev–Trinajstić information content (AvgIpc) is 3.36. The summed E-state index contributed by atoms with van der Waals surface area (Å²) in [7, 11) is 0. The third kappa shape index (κ3) is 5.42. The van der Waals surface area contributed by atoms with Crippen LogP contribution in [0.1, 0.15) is 42.9 Å². The number of nitrogens with zero attached hydrogens (tertiary/aromatic N) is 2. The van der Waals surface area contributed by atoms with Gasteiger partial charge in [-0.3, -0.25) is 14.2 Å². The molecule has 2 aromatic carbocycles. The van der Waals surface area contributed by atoms with Gasteiger partial charge in [0.25, 0.3) is 0 Å². The molecule has 35 heavy (non-hydrogen) atoms. The van der Waals surface area contributed by atoms with Crippen molar-refractivity contribution in [2.75, 3.05) is 19.6 Å². The molecule has 0 bridgehead atoms. The van der Waals surface area contributed by atoms with Crippen LogP contribution in [0.5, 0.6) is 0 Å². The van der Waals surface area contributed by atoms with Crippen molar-refractivity contribution in [2.45, 2.75) is 43.7 Å². The van der Waals surface area contributed by atoms with Crippen LogP contribution in [0, 0.1) is 0 Å². The zero-order valence-corrected chi connectivity index (χ0v) is 21.1. The molecule has 2 aliphatic rings. The summed E-state index contributed by atoms with van der Waals surface area (Å²) in [5.74, 6) is -1.88. The summed E-state index contributed by atoms with van der Waals surface area (Å²) in [5.41, 5.74) is 1.90. The largest absolute Gasteiger partial charge is 0.480 e. The van der Waals surface area contributed by atoms with Gasteiger partial charge in [-0.1, -0.05) is 36.4 Å². The first-order valence-electron chi connectivity index (χ1n) is 11.4. The van der Waals surface area contributed by atoms with Gasteiger partial charge in [-0.05, 0) is 62.0 Å². The monoisotopic (exact) mass is 519 g/mol. The van der Waals surface area contributed by atoms with Gasteiger partial charge in [0.2, 0.25) is 5.91 Å². The molecule has 2 heterocycles.